The number of methoxy groups -OCH3 is 2. The predicted molar refractivity (Wildman–Crippen MR) is 123 cm³/mol. The molecule has 1 aliphatic heterocycles. The Morgan fingerprint density at radius 2 is 1.94 bits per heavy atom. The number of amides is 2. The first kappa shape index (κ1) is 22.9. The quantitative estimate of drug-likeness (QED) is 0.642. The molecule has 0 spiro atoms. The summed E-state index contributed by atoms with van der Waals surface area (Å²) in [5.41, 5.74) is 9.80. The Bertz CT molecular complexity index is 1220. The van der Waals surface area contributed by atoms with Crippen molar-refractivity contribution in [3.8, 4) is 22.8 Å². The zero-order valence-electron chi connectivity index (χ0n) is 18.9. The van der Waals surface area contributed by atoms with Gasteiger partial charge in [0.05, 0.1) is 19.9 Å². The van der Waals surface area contributed by atoms with E-state index in [1.54, 1.807) is 29.4 Å². The number of benzene rings is 1. The summed E-state index contributed by atoms with van der Waals surface area (Å²) < 4.78 is 14.2. The second kappa shape index (κ2) is 9.59. The van der Waals surface area contributed by atoms with Crippen LogP contribution in [0, 0.1) is 0 Å². The van der Waals surface area contributed by atoms with E-state index >= 15 is 0 Å². The Labute approximate surface area is 186 Å². The number of urea groups is 1. The predicted octanol–water partition coefficient (Wildman–Crippen LogP) is 1.94. The molecule has 170 valence electrons. The fourth-order valence-corrected chi connectivity index (χ4v) is 3.66. The molecule has 0 fully saturated rings. The maximum atomic E-state index is 13.4. The SMILES string of the molecule is C=CC(C)=C(C)N=c1cc2n(c(=O)n1CCNC(N)=O)CCc1cc(OC)c(OC)cc1-2. The van der Waals surface area contributed by atoms with E-state index in [0.29, 0.717) is 30.0 Å². The van der Waals surface area contributed by atoms with Crippen LogP contribution in [0.3, 0.4) is 0 Å². The molecule has 1 aromatic carbocycles. The Hall–Kier alpha value is -3.75. The lowest BCUT2D eigenvalue weighted by molar-refractivity contribution is 0.248. The highest BCUT2D eigenvalue weighted by molar-refractivity contribution is 5.71. The number of hydrogen-bond donors (Lipinski definition) is 2. The van der Waals surface area contributed by atoms with Gasteiger partial charge in [-0.1, -0.05) is 12.7 Å². The first-order chi connectivity index (χ1) is 15.3. The number of nitrogens with zero attached hydrogens (tertiary/aromatic N) is 3. The highest BCUT2D eigenvalue weighted by atomic mass is 16.5. The van der Waals surface area contributed by atoms with Gasteiger partial charge in [-0.2, -0.15) is 0 Å². The molecular formula is C23H29N5O4. The lowest BCUT2D eigenvalue weighted by Gasteiger charge is -2.24. The van der Waals surface area contributed by atoms with Crippen LogP contribution in [0.15, 0.2) is 51.9 Å². The van der Waals surface area contributed by atoms with Gasteiger partial charge in [0, 0.05) is 37.0 Å². The number of ether oxygens (including phenoxy) is 2. The largest absolute Gasteiger partial charge is 0.493 e. The highest BCUT2D eigenvalue weighted by Crippen LogP contribution is 2.37. The minimum Gasteiger partial charge on any atom is -0.493 e. The summed E-state index contributed by atoms with van der Waals surface area (Å²) in [6.45, 7) is 8.52. The molecule has 2 heterocycles. The minimum absolute atomic E-state index is 0.210. The summed E-state index contributed by atoms with van der Waals surface area (Å²) in [5, 5.41) is 2.53. The van der Waals surface area contributed by atoms with Crippen LogP contribution in [0.1, 0.15) is 19.4 Å². The van der Waals surface area contributed by atoms with E-state index in [4.69, 9.17) is 20.2 Å². The molecule has 32 heavy (non-hydrogen) atoms. The number of fused-ring (bicyclic) bond motifs is 3. The van der Waals surface area contributed by atoms with Crippen molar-refractivity contribution in [2.75, 3.05) is 20.8 Å². The number of aryl methyl sites for hydroxylation is 1. The van der Waals surface area contributed by atoms with Crippen LogP contribution < -0.4 is 31.7 Å². The number of nitrogens with two attached hydrogens (primary N) is 1. The molecule has 3 rings (SSSR count). The molecule has 2 amide bonds. The molecule has 1 aliphatic rings. The Balaban J connectivity index is 2.27. The minimum atomic E-state index is -0.643. The van der Waals surface area contributed by atoms with Gasteiger partial charge >= 0.3 is 11.7 Å². The second-order valence-corrected chi connectivity index (χ2v) is 7.46. The van der Waals surface area contributed by atoms with E-state index in [1.165, 1.54) is 0 Å². The van der Waals surface area contributed by atoms with Gasteiger partial charge in [0.2, 0.25) is 0 Å². The lowest BCUT2D eigenvalue weighted by Crippen LogP contribution is -2.44. The van der Waals surface area contributed by atoms with E-state index < -0.39 is 6.03 Å². The molecule has 1 aromatic heterocycles. The number of primary amides is 1. The molecule has 0 unspecified atom stereocenters. The van der Waals surface area contributed by atoms with Gasteiger partial charge in [0.1, 0.15) is 5.49 Å². The summed E-state index contributed by atoms with van der Waals surface area (Å²) in [5.74, 6) is 1.24. The third kappa shape index (κ3) is 4.46. The molecule has 2 aromatic rings. The maximum Gasteiger partial charge on any atom is 0.330 e. The number of hydrogen-bond acceptors (Lipinski definition) is 5. The Kier molecular flexibility index (Phi) is 6.87. The topological polar surface area (TPSA) is 113 Å². The van der Waals surface area contributed by atoms with Crippen molar-refractivity contribution >= 4 is 6.03 Å². The van der Waals surface area contributed by atoms with Gasteiger partial charge in [-0.3, -0.25) is 9.13 Å². The molecular weight excluding hydrogens is 410 g/mol. The van der Waals surface area contributed by atoms with Crippen molar-refractivity contribution in [2.24, 2.45) is 10.7 Å². The fraction of sp³-hybridized carbons (Fsp3) is 0.348. The molecule has 0 bridgehead atoms. The van der Waals surface area contributed by atoms with Gasteiger partial charge in [0.25, 0.3) is 0 Å². The van der Waals surface area contributed by atoms with E-state index in [9.17, 15) is 9.59 Å². The lowest BCUT2D eigenvalue weighted by atomic mass is 9.97. The van der Waals surface area contributed by atoms with Gasteiger partial charge in [-0.05, 0) is 43.5 Å². The molecule has 9 heteroatoms. The van der Waals surface area contributed by atoms with Crippen molar-refractivity contribution in [2.45, 2.75) is 33.4 Å². The molecule has 0 saturated heterocycles. The van der Waals surface area contributed by atoms with E-state index in [0.717, 1.165) is 28.1 Å². The first-order valence-corrected chi connectivity index (χ1v) is 10.3. The standard InChI is InChI=1S/C23H29N5O4/c1-6-14(2)15(3)26-21-13-18-17-12-20(32-5)19(31-4)11-16(17)7-9-27(18)23(30)28(21)10-8-25-22(24)29/h6,11-13H,1,7-10H2,2-5H3,(H3,24,25,29). The number of carbonyl (C=O) groups is 1. The van der Waals surface area contributed by atoms with Crippen LogP contribution in [-0.4, -0.2) is 35.9 Å². The Morgan fingerprint density at radius 1 is 1.25 bits per heavy atom. The number of nitrogens with one attached hydrogen (secondary N) is 1. The summed E-state index contributed by atoms with van der Waals surface area (Å²) in [6, 6.07) is 5.08. The Morgan fingerprint density at radius 3 is 2.56 bits per heavy atom. The number of rotatable bonds is 7. The summed E-state index contributed by atoms with van der Waals surface area (Å²) in [7, 11) is 3.18. The third-order valence-corrected chi connectivity index (χ3v) is 5.58. The number of carbonyl (C=O) groups excluding carboxylic acids is 1. The van der Waals surface area contributed by atoms with Crippen molar-refractivity contribution in [1.82, 2.24) is 14.5 Å². The van der Waals surface area contributed by atoms with Crippen molar-refractivity contribution in [3.63, 3.8) is 0 Å². The van der Waals surface area contributed by atoms with Crippen LogP contribution in [0.5, 0.6) is 11.5 Å². The third-order valence-electron chi connectivity index (χ3n) is 5.58. The number of allylic oxidation sites excluding steroid dienone is 3. The van der Waals surface area contributed by atoms with Crippen LogP contribution in [-0.2, 0) is 19.5 Å². The second-order valence-electron chi connectivity index (χ2n) is 7.46. The van der Waals surface area contributed by atoms with Gasteiger partial charge < -0.3 is 20.5 Å². The summed E-state index contributed by atoms with van der Waals surface area (Å²) >= 11 is 0. The van der Waals surface area contributed by atoms with E-state index in [2.05, 4.69) is 11.9 Å². The summed E-state index contributed by atoms with van der Waals surface area (Å²) in [4.78, 5) is 29.3. The molecule has 3 N–H and O–H groups in total. The fourth-order valence-electron chi connectivity index (χ4n) is 3.66. The zero-order chi connectivity index (χ0) is 23.4. The van der Waals surface area contributed by atoms with Crippen molar-refractivity contribution in [3.05, 3.63) is 63.7 Å². The van der Waals surface area contributed by atoms with Crippen LogP contribution in [0.25, 0.3) is 11.3 Å². The molecule has 0 atom stereocenters. The van der Waals surface area contributed by atoms with Gasteiger partial charge in [0.15, 0.2) is 11.5 Å². The normalized spacial score (nSPS) is 13.6. The van der Waals surface area contributed by atoms with Crippen molar-refractivity contribution in [1.29, 1.82) is 0 Å². The maximum absolute atomic E-state index is 13.4. The van der Waals surface area contributed by atoms with Gasteiger partial charge in [-0.15, -0.1) is 0 Å². The van der Waals surface area contributed by atoms with Crippen LogP contribution >= 0.6 is 0 Å². The van der Waals surface area contributed by atoms with Crippen LogP contribution in [0.2, 0.25) is 0 Å². The van der Waals surface area contributed by atoms with Crippen molar-refractivity contribution < 1.29 is 14.3 Å². The van der Waals surface area contributed by atoms with E-state index in [-0.39, 0.29) is 18.8 Å². The van der Waals surface area contributed by atoms with E-state index in [1.807, 2.05) is 32.0 Å². The molecule has 0 aliphatic carbocycles. The monoisotopic (exact) mass is 439 g/mol. The molecule has 9 nitrogen and oxygen atoms in total. The zero-order valence-corrected chi connectivity index (χ0v) is 18.9. The summed E-state index contributed by atoms with van der Waals surface area (Å²) in [6.07, 6.45) is 2.39. The highest BCUT2D eigenvalue weighted by Gasteiger charge is 2.22. The van der Waals surface area contributed by atoms with Gasteiger partial charge in [-0.25, -0.2) is 14.6 Å². The smallest absolute Gasteiger partial charge is 0.330 e. The number of aromatic nitrogens is 2. The molecule has 0 radical (unpaired) electrons. The molecule has 0 saturated carbocycles. The van der Waals surface area contributed by atoms with Crippen LogP contribution in [0.4, 0.5) is 4.79 Å². The first-order valence-electron chi connectivity index (χ1n) is 10.3. The average Bonchev–Trinajstić information content (AvgIpc) is 2.78. The average molecular weight is 440 g/mol.